The largest absolute Gasteiger partial charge is 0.398 e. The maximum Gasteiger partial charge on any atom is 0.0813 e. The molecule has 27 heavy (non-hydrogen) atoms. The molecular formula is C22H29N5. The second kappa shape index (κ2) is 10.4. The second-order valence-electron chi connectivity index (χ2n) is 6.53. The minimum atomic E-state index is 0.360. The van der Waals surface area contributed by atoms with Gasteiger partial charge in [0.05, 0.1) is 17.6 Å². The maximum absolute atomic E-state index is 8.29. The summed E-state index contributed by atoms with van der Waals surface area (Å²) in [6.07, 6.45) is 13.8. The van der Waals surface area contributed by atoms with E-state index in [9.17, 15) is 0 Å². The summed E-state index contributed by atoms with van der Waals surface area (Å²) in [6.45, 7) is 7.10. The lowest BCUT2D eigenvalue weighted by Crippen LogP contribution is -2.08. The van der Waals surface area contributed by atoms with Gasteiger partial charge in [0, 0.05) is 23.6 Å². The number of nitrogens with zero attached hydrogens (tertiary/aromatic N) is 2. The van der Waals surface area contributed by atoms with E-state index in [0.717, 1.165) is 29.0 Å². The summed E-state index contributed by atoms with van der Waals surface area (Å²) in [5.41, 5.74) is 10.5. The first-order valence-corrected chi connectivity index (χ1v) is 9.32. The molecule has 1 saturated carbocycles. The van der Waals surface area contributed by atoms with Crippen LogP contribution in [0.25, 0.3) is 12.2 Å². The van der Waals surface area contributed by atoms with E-state index in [0.29, 0.717) is 17.1 Å². The first kappa shape index (κ1) is 20.5. The predicted octanol–water partition coefficient (Wildman–Crippen LogP) is 3.96. The second-order valence-corrected chi connectivity index (χ2v) is 6.53. The van der Waals surface area contributed by atoms with Crippen molar-refractivity contribution in [3.05, 3.63) is 65.8 Å². The number of nitrogen functional groups attached to an aromatic ring is 1. The lowest BCUT2D eigenvalue weighted by atomic mass is 9.93. The summed E-state index contributed by atoms with van der Waals surface area (Å²) in [5.74, 6) is 1.04. The van der Waals surface area contributed by atoms with Crippen LogP contribution in [0.2, 0.25) is 0 Å². The normalized spacial score (nSPS) is 13.1. The van der Waals surface area contributed by atoms with Gasteiger partial charge in [0.1, 0.15) is 0 Å². The van der Waals surface area contributed by atoms with Crippen LogP contribution in [0.5, 0.6) is 0 Å². The van der Waals surface area contributed by atoms with Crippen molar-refractivity contribution in [3.63, 3.8) is 0 Å². The summed E-state index contributed by atoms with van der Waals surface area (Å²) >= 11 is 0. The van der Waals surface area contributed by atoms with Crippen LogP contribution in [0.4, 0.5) is 5.69 Å². The van der Waals surface area contributed by atoms with Crippen LogP contribution in [0.1, 0.15) is 42.1 Å². The van der Waals surface area contributed by atoms with Gasteiger partial charge in [-0.05, 0) is 68.1 Å². The Bertz CT molecular complexity index is 792. The van der Waals surface area contributed by atoms with Gasteiger partial charge in [0.25, 0.3) is 0 Å². The van der Waals surface area contributed by atoms with Gasteiger partial charge in [-0.15, -0.1) is 0 Å². The molecule has 0 spiro atoms. The molecule has 5 nitrogen and oxygen atoms in total. The average Bonchev–Trinajstić information content (AvgIpc) is 3.51. The topological polar surface area (TPSA) is 87.7 Å². The fourth-order valence-electron chi connectivity index (χ4n) is 2.83. The fourth-order valence-corrected chi connectivity index (χ4v) is 2.83. The highest BCUT2D eigenvalue weighted by Crippen LogP contribution is 2.27. The van der Waals surface area contributed by atoms with Gasteiger partial charge in [-0.3, -0.25) is 9.97 Å². The van der Waals surface area contributed by atoms with E-state index >= 15 is 0 Å². The van der Waals surface area contributed by atoms with Crippen molar-refractivity contribution in [3.8, 4) is 0 Å². The van der Waals surface area contributed by atoms with E-state index in [1.807, 2.05) is 26.1 Å². The van der Waals surface area contributed by atoms with Gasteiger partial charge >= 0.3 is 0 Å². The summed E-state index contributed by atoms with van der Waals surface area (Å²) in [7, 11) is 2.01. The zero-order valence-corrected chi connectivity index (χ0v) is 16.2. The first-order valence-electron chi connectivity index (χ1n) is 9.32. The molecule has 2 aromatic rings. The van der Waals surface area contributed by atoms with Gasteiger partial charge in [-0.2, -0.15) is 0 Å². The SMILES string of the molecule is C=Cc1ccc(N)c(C(=N)/C=C/c2cnccn2)c1CC.CNCC1CC1. The van der Waals surface area contributed by atoms with Crippen molar-refractivity contribution < 1.29 is 0 Å². The standard InChI is InChI=1S/C17H18N4.C5H11N/c1-3-12-5-7-15(18)17(14(12)4-2)16(19)8-6-13-11-20-9-10-21-13;1-6-4-5-2-3-5/h3,5-11,19H,1,4,18H2,2H3;5-6H,2-4H2,1H3/b8-6+,19-16?;. The lowest BCUT2D eigenvalue weighted by Gasteiger charge is -2.13. The minimum absolute atomic E-state index is 0.360. The number of nitrogens with one attached hydrogen (secondary N) is 2. The third kappa shape index (κ3) is 6.15. The van der Waals surface area contributed by atoms with Crippen LogP contribution < -0.4 is 11.1 Å². The first-order chi connectivity index (χ1) is 13.1. The van der Waals surface area contributed by atoms with Crippen LogP contribution in [-0.2, 0) is 6.42 Å². The number of allylic oxidation sites excluding steroid dienone is 1. The number of anilines is 1. The predicted molar refractivity (Wildman–Crippen MR) is 115 cm³/mol. The fraction of sp³-hybridized carbons (Fsp3) is 0.318. The number of benzene rings is 1. The Hall–Kier alpha value is -2.79. The van der Waals surface area contributed by atoms with Crippen molar-refractivity contribution in [2.45, 2.75) is 26.2 Å². The Balaban J connectivity index is 0.000000369. The molecule has 0 radical (unpaired) electrons. The molecule has 0 saturated heterocycles. The number of nitrogens with two attached hydrogens (primary N) is 1. The van der Waals surface area contributed by atoms with Crippen LogP contribution in [0.3, 0.4) is 0 Å². The van der Waals surface area contributed by atoms with Crippen LogP contribution in [-0.4, -0.2) is 29.3 Å². The molecule has 1 aliphatic carbocycles. The Morgan fingerprint density at radius 3 is 2.67 bits per heavy atom. The summed E-state index contributed by atoms with van der Waals surface area (Å²) < 4.78 is 0. The lowest BCUT2D eigenvalue weighted by molar-refractivity contribution is 0.717. The van der Waals surface area contributed by atoms with Crippen LogP contribution in [0.15, 0.2) is 43.4 Å². The van der Waals surface area contributed by atoms with E-state index in [-0.39, 0.29) is 0 Å². The molecule has 1 heterocycles. The molecule has 0 aliphatic heterocycles. The van der Waals surface area contributed by atoms with Gasteiger partial charge in [0.15, 0.2) is 0 Å². The van der Waals surface area contributed by atoms with Crippen molar-refractivity contribution in [2.75, 3.05) is 19.3 Å². The van der Waals surface area contributed by atoms with Crippen LogP contribution in [0, 0.1) is 11.3 Å². The van der Waals surface area contributed by atoms with E-state index in [4.69, 9.17) is 11.1 Å². The molecule has 4 N–H and O–H groups in total. The Labute approximate surface area is 162 Å². The smallest absolute Gasteiger partial charge is 0.0813 e. The molecule has 0 atom stereocenters. The molecule has 0 bridgehead atoms. The highest BCUT2D eigenvalue weighted by atomic mass is 14.8. The van der Waals surface area contributed by atoms with Gasteiger partial charge in [-0.25, -0.2) is 0 Å². The summed E-state index contributed by atoms with van der Waals surface area (Å²) in [5, 5.41) is 11.4. The van der Waals surface area contributed by atoms with Crippen molar-refractivity contribution in [1.29, 1.82) is 5.41 Å². The molecule has 3 rings (SSSR count). The molecule has 1 aromatic carbocycles. The molecule has 1 aliphatic rings. The number of rotatable bonds is 7. The Kier molecular flexibility index (Phi) is 7.89. The number of hydrogen-bond acceptors (Lipinski definition) is 5. The van der Waals surface area contributed by atoms with E-state index in [1.54, 1.807) is 36.8 Å². The molecule has 0 unspecified atom stereocenters. The monoisotopic (exact) mass is 363 g/mol. The highest BCUT2D eigenvalue weighted by molar-refractivity contribution is 6.13. The highest BCUT2D eigenvalue weighted by Gasteiger charge is 2.19. The number of aromatic nitrogens is 2. The molecule has 0 amide bonds. The molecule has 1 fully saturated rings. The molecule has 142 valence electrons. The zero-order valence-electron chi connectivity index (χ0n) is 16.2. The van der Waals surface area contributed by atoms with Crippen molar-refractivity contribution in [2.24, 2.45) is 5.92 Å². The Morgan fingerprint density at radius 1 is 1.37 bits per heavy atom. The van der Waals surface area contributed by atoms with Crippen molar-refractivity contribution >= 4 is 23.6 Å². The van der Waals surface area contributed by atoms with Crippen molar-refractivity contribution in [1.82, 2.24) is 15.3 Å². The molecular weight excluding hydrogens is 334 g/mol. The average molecular weight is 364 g/mol. The van der Waals surface area contributed by atoms with Gasteiger partial charge in [-0.1, -0.05) is 25.6 Å². The number of hydrogen-bond donors (Lipinski definition) is 3. The maximum atomic E-state index is 8.29. The van der Waals surface area contributed by atoms with Gasteiger partial charge in [0.2, 0.25) is 0 Å². The summed E-state index contributed by atoms with van der Waals surface area (Å²) in [6, 6.07) is 3.75. The van der Waals surface area contributed by atoms with Gasteiger partial charge < -0.3 is 16.5 Å². The molecule has 1 aromatic heterocycles. The third-order valence-corrected chi connectivity index (χ3v) is 4.42. The van der Waals surface area contributed by atoms with Crippen LogP contribution >= 0.6 is 0 Å². The quantitative estimate of drug-likeness (QED) is 0.513. The zero-order chi connectivity index (χ0) is 19.6. The van der Waals surface area contributed by atoms with E-state index in [2.05, 4.69) is 21.9 Å². The van der Waals surface area contributed by atoms with E-state index in [1.165, 1.54) is 19.4 Å². The minimum Gasteiger partial charge on any atom is -0.398 e. The third-order valence-electron chi connectivity index (χ3n) is 4.42. The van der Waals surface area contributed by atoms with E-state index < -0.39 is 0 Å². The Morgan fingerprint density at radius 2 is 2.15 bits per heavy atom. The molecule has 5 heteroatoms. The summed E-state index contributed by atoms with van der Waals surface area (Å²) in [4.78, 5) is 8.14.